The molecule has 1 aromatic rings. The lowest BCUT2D eigenvalue weighted by atomic mass is 9.81. The van der Waals surface area contributed by atoms with Crippen LogP contribution in [-0.2, 0) is 22.7 Å². The Morgan fingerprint density at radius 2 is 1.80 bits per heavy atom. The van der Waals surface area contributed by atoms with Gasteiger partial charge in [0.2, 0.25) is 11.8 Å². The molecule has 0 saturated carbocycles. The van der Waals surface area contributed by atoms with Gasteiger partial charge in [-0.2, -0.15) is 0 Å². The fourth-order valence-corrected chi connectivity index (χ4v) is 3.18. The van der Waals surface area contributed by atoms with Gasteiger partial charge >= 0.3 is 0 Å². The van der Waals surface area contributed by atoms with E-state index in [-0.39, 0.29) is 24.2 Å². The molecule has 1 fully saturated rings. The SMILES string of the molecule is CCC(CC)(CN)C(=O)NCc1ccc(CN2CCCC2=O)cc1.Cl. The third-order valence-electron chi connectivity index (χ3n) is 5.25. The highest BCUT2D eigenvalue weighted by molar-refractivity contribution is 5.85. The van der Waals surface area contributed by atoms with Crippen molar-refractivity contribution < 1.29 is 9.59 Å². The zero-order chi connectivity index (χ0) is 17.6. The first-order valence-corrected chi connectivity index (χ1v) is 8.88. The van der Waals surface area contributed by atoms with E-state index in [9.17, 15) is 9.59 Å². The molecule has 1 aliphatic heterocycles. The van der Waals surface area contributed by atoms with E-state index in [1.807, 2.05) is 43.0 Å². The maximum atomic E-state index is 12.4. The third kappa shape index (κ3) is 5.19. The molecule has 0 atom stereocenters. The van der Waals surface area contributed by atoms with Gasteiger partial charge in [-0.1, -0.05) is 38.1 Å². The summed E-state index contributed by atoms with van der Waals surface area (Å²) in [6.45, 7) is 6.41. The van der Waals surface area contributed by atoms with Crippen molar-refractivity contribution in [2.45, 2.75) is 52.6 Å². The van der Waals surface area contributed by atoms with E-state index in [0.717, 1.165) is 36.9 Å². The van der Waals surface area contributed by atoms with Gasteiger partial charge in [0.25, 0.3) is 0 Å². The number of benzene rings is 1. The summed E-state index contributed by atoms with van der Waals surface area (Å²) < 4.78 is 0. The molecule has 5 nitrogen and oxygen atoms in total. The lowest BCUT2D eigenvalue weighted by molar-refractivity contribution is -0.131. The number of hydrogen-bond acceptors (Lipinski definition) is 3. The van der Waals surface area contributed by atoms with Crippen LogP contribution in [0.1, 0.15) is 50.7 Å². The molecule has 2 amide bonds. The Bertz CT molecular complexity index is 562. The summed E-state index contributed by atoms with van der Waals surface area (Å²) in [5.74, 6) is 0.269. The average Bonchev–Trinajstić information content (AvgIpc) is 3.01. The Kier molecular flexibility index (Phi) is 8.39. The van der Waals surface area contributed by atoms with Crippen molar-refractivity contribution in [2.24, 2.45) is 11.1 Å². The van der Waals surface area contributed by atoms with E-state index >= 15 is 0 Å². The molecular formula is C19H30ClN3O2. The molecule has 1 aliphatic rings. The van der Waals surface area contributed by atoms with Gasteiger partial charge in [-0.05, 0) is 30.4 Å². The van der Waals surface area contributed by atoms with Crippen LogP contribution >= 0.6 is 12.4 Å². The van der Waals surface area contributed by atoms with Crippen molar-refractivity contribution in [1.29, 1.82) is 0 Å². The minimum Gasteiger partial charge on any atom is -0.352 e. The molecule has 25 heavy (non-hydrogen) atoms. The summed E-state index contributed by atoms with van der Waals surface area (Å²) in [7, 11) is 0. The van der Waals surface area contributed by atoms with Crippen LogP contribution in [0.25, 0.3) is 0 Å². The molecule has 0 bridgehead atoms. The van der Waals surface area contributed by atoms with Gasteiger partial charge in [0.15, 0.2) is 0 Å². The standard InChI is InChI=1S/C19H29N3O2.ClH/c1-3-19(4-2,14-20)18(24)21-12-15-7-9-16(10-8-15)13-22-11-5-6-17(22)23;/h7-10H,3-6,11-14,20H2,1-2H3,(H,21,24);1H. The number of amides is 2. The zero-order valence-electron chi connectivity index (χ0n) is 15.2. The Morgan fingerprint density at radius 1 is 1.20 bits per heavy atom. The summed E-state index contributed by atoms with van der Waals surface area (Å²) in [4.78, 5) is 26.0. The lowest BCUT2D eigenvalue weighted by Gasteiger charge is -2.28. The molecule has 1 aromatic carbocycles. The fraction of sp³-hybridized carbons (Fsp3) is 0.579. The highest BCUT2D eigenvalue weighted by Gasteiger charge is 2.32. The first-order chi connectivity index (χ1) is 11.5. The van der Waals surface area contributed by atoms with Crippen molar-refractivity contribution in [3.8, 4) is 0 Å². The monoisotopic (exact) mass is 367 g/mol. The summed E-state index contributed by atoms with van der Waals surface area (Å²) in [6, 6.07) is 8.09. The van der Waals surface area contributed by atoms with Crippen molar-refractivity contribution in [2.75, 3.05) is 13.1 Å². The normalized spacial score (nSPS) is 14.4. The molecule has 1 heterocycles. The molecule has 2 rings (SSSR count). The average molecular weight is 368 g/mol. The molecule has 0 aliphatic carbocycles. The predicted molar refractivity (Wildman–Crippen MR) is 102 cm³/mol. The van der Waals surface area contributed by atoms with Gasteiger partial charge in [-0.3, -0.25) is 9.59 Å². The van der Waals surface area contributed by atoms with Crippen molar-refractivity contribution in [1.82, 2.24) is 10.2 Å². The molecule has 0 aromatic heterocycles. The van der Waals surface area contributed by atoms with E-state index in [1.165, 1.54) is 0 Å². The number of nitrogens with zero attached hydrogens (tertiary/aromatic N) is 1. The summed E-state index contributed by atoms with van der Waals surface area (Å²) in [5, 5.41) is 3.01. The van der Waals surface area contributed by atoms with Gasteiger partial charge in [0, 0.05) is 32.6 Å². The lowest BCUT2D eigenvalue weighted by Crippen LogP contribution is -2.45. The van der Waals surface area contributed by atoms with E-state index < -0.39 is 5.41 Å². The van der Waals surface area contributed by atoms with Gasteiger partial charge in [0.1, 0.15) is 0 Å². The van der Waals surface area contributed by atoms with Gasteiger partial charge < -0.3 is 16.0 Å². The zero-order valence-corrected chi connectivity index (χ0v) is 16.0. The Morgan fingerprint density at radius 3 is 2.28 bits per heavy atom. The second-order valence-electron chi connectivity index (χ2n) is 6.61. The number of carbonyl (C=O) groups excluding carboxylic acids is 2. The molecule has 140 valence electrons. The number of nitrogens with one attached hydrogen (secondary N) is 1. The fourth-order valence-electron chi connectivity index (χ4n) is 3.18. The summed E-state index contributed by atoms with van der Waals surface area (Å²) in [6.07, 6.45) is 3.12. The quantitative estimate of drug-likeness (QED) is 0.741. The van der Waals surface area contributed by atoms with Crippen molar-refractivity contribution in [3.05, 3.63) is 35.4 Å². The third-order valence-corrected chi connectivity index (χ3v) is 5.25. The van der Waals surface area contributed by atoms with Crippen LogP contribution in [0.3, 0.4) is 0 Å². The molecule has 3 N–H and O–H groups in total. The summed E-state index contributed by atoms with van der Waals surface area (Å²) >= 11 is 0. The molecule has 0 spiro atoms. The van der Waals surface area contributed by atoms with Gasteiger partial charge in [0.05, 0.1) is 5.41 Å². The Hall–Kier alpha value is -1.59. The number of likely N-dealkylation sites (tertiary alicyclic amines) is 1. The van der Waals surface area contributed by atoms with Crippen LogP contribution in [0.15, 0.2) is 24.3 Å². The number of rotatable bonds is 8. The van der Waals surface area contributed by atoms with Crippen LogP contribution in [0.2, 0.25) is 0 Å². The van der Waals surface area contributed by atoms with Crippen LogP contribution < -0.4 is 11.1 Å². The molecule has 0 unspecified atom stereocenters. The minimum absolute atomic E-state index is 0. The maximum Gasteiger partial charge on any atom is 0.227 e. The minimum atomic E-state index is -0.462. The van der Waals surface area contributed by atoms with Crippen LogP contribution in [-0.4, -0.2) is 29.8 Å². The van der Waals surface area contributed by atoms with Gasteiger partial charge in [-0.25, -0.2) is 0 Å². The molecule has 6 heteroatoms. The second-order valence-corrected chi connectivity index (χ2v) is 6.61. The predicted octanol–water partition coefficient (Wildman–Crippen LogP) is 2.61. The number of hydrogen-bond donors (Lipinski definition) is 2. The molecular weight excluding hydrogens is 338 g/mol. The van der Waals surface area contributed by atoms with E-state index in [4.69, 9.17) is 5.73 Å². The summed E-state index contributed by atoms with van der Waals surface area (Å²) in [5.41, 5.74) is 7.53. The number of halogens is 1. The van der Waals surface area contributed by atoms with E-state index in [1.54, 1.807) is 0 Å². The maximum absolute atomic E-state index is 12.4. The second kappa shape index (κ2) is 9.78. The number of carbonyl (C=O) groups is 2. The first-order valence-electron chi connectivity index (χ1n) is 8.88. The number of nitrogens with two attached hydrogens (primary N) is 1. The van der Waals surface area contributed by atoms with Crippen LogP contribution in [0.5, 0.6) is 0 Å². The van der Waals surface area contributed by atoms with Crippen LogP contribution in [0.4, 0.5) is 0 Å². The van der Waals surface area contributed by atoms with E-state index in [2.05, 4.69) is 5.32 Å². The Balaban J connectivity index is 0.00000312. The van der Waals surface area contributed by atoms with Crippen molar-refractivity contribution in [3.63, 3.8) is 0 Å². The van der Waals surface area contributed by atoms with E-state index in [0.29, 0.717) is 26.1 Å². The molecule has 0 radical (unpaired) electrons. The largest absolute Gasteiger partial charge is 0.352 e. The van der Waals surface area contributed by atoms with Crippen LogP contribution in [0, 0.1) is 5.41 Å². The Labute approximate surface area is 156 Å². The smallest absolute Gasteiger partial charge is 0.227 e. The van der Waals surface area contributed by atoms with Crippen molar-refractivity contribution >= 4 is 24.2 Å². The highest BCUT2D eigenvalue weighted by atomic mass is 35.5. The first kappa shape index (κ1) is 21.5. The molecule has 1 saturated heterocycles. The topological polar surface area (TPSA) is 75.4 Å². The highest BCUT2D eigenvalue weighted by Crippen LogP contribution is 2.25. The van der Waals surface area contributed by atoms with Gasteiger partial charge in [-0.15, -0.1) is 12.4 Å².